The molecule has 1 saturated carbocycles. The van der Waals surface area contributed by atoms with Gasteiger partial charge in [-0.3, -0.25) is 4.79 Å². The van der Waals surface area contributed by atoms with Gasteiger partial charge in [-0.25, -0.2) is 0 Å². The van der Waals surface area contributed by atoms with Gasteiger partial charge in [0.1, 0.15) is 5.75 Å². The van der Waals surface area contributed by atoms with Gasteiger partial charge in [0.15, 0.2) is 0 Å². The molecule has 0 bridgehead atoms. The van der Waals surface area contributed by atoms with Crippen molar-refractivity contribution in [2.75, 3.05) is 0 Å². The number of aromatic amines is 1. The third kappa shape index (κ3) is 4.04. The predicted octanol–water partition coefficient (Wildman–Crippen LogP) is 5.38. The highest BCUT2D eigenvalue weighted by Crippen LogP contribution is 2.39. The quantitative estimate of drug-likeness (QED) is 0.579. The average Bonchev–Trinajstić information content (AvgIpc) is 2.71. The number of halogens is 4. The number of hydrogen-bond donors (Lipinski definition) is 2. The first-order chi connectivity index (χ1) is 14.2. The van der Waals surface area contributed by atoms with Gasteiger partial charge in [0.2, 0.25) is 0 Å². The Hall–Kier alpha value is -2.51. The highest BCUT2D eigenvalue weighted by Gasteiger charge is 2.36. The standard InChI is InChI=1S/C22H20ClF3N2O2/c23-18-12-17-13(7-10-28-20(17)29)11-19(18)30-16-5-8-21(27,9-6-16)14-1-3-15(4-2-14)22(24,25)26/h1-4,7,10-12,16H,5-6,8-9,27H2,(H,28,29). The minimum atomic E-state index is -4.37. The molecule has 4 nitrogen and oxygen atoms in total. The molecule has 30 heavy (non-hydrogen) atoms. The van der Waals surface area contributed by atoms with Crippen molar-refractivity contribution in [1.29, 1.82) is 0 Å². The summed E-state index contributed by atoms with van der Waals surface area (Å²) in [6, 6.07) is 10.2. The van der Waals surface area contributed by atoms with E-state index in [1.54, 1.807) is 24.4 Å². The number of fused-ring (bicyclic) bond motifs is 1. The Kier molecular flexibility index (Phi) is 5.28. The molecule has 158 valence electrons. The smallest absolute Gasteiger partial charge is 0.416 e. The molecule has 8 heteroatoms. The topological polar surface area (TPSA) is 68.1 Å². The van der Waals surface area contributed by atoms with E-state index in [0.717, 1.165) is 17.5 Å². The van der Waals surface area contributed by atoms with Gasteiger partial charge in [0.25, 0.3) is 5.56 Å². The molecule has 1 aliphatic rings. The van der Waals surface area contributed by atoms with Crippen LogP contribution in [-0.4, -0.2) is 11.1 Å². The van der Waals surface area contributed by atoms with Crippen molar-refractivity contribution in [3.8, 4) is 5.75 Å². The largest absolute Gasteiger partial charge is 0.489 e. The van der Waals surface area contributed by atoms with Gasteiger partial charge in [-0.15, -0.1) is 0 Å². The van der Waals surface area contributed by atoms with E-state index in [1.165, 1.54) is 12.1 Å². The predicted molar refractivity (Wildman–Crippen MR) is 110 cm³/mol. The van der Waals surface area contributed by atoms with Crippen molar-refractivity contribution in [1.82, 2.24) is 4.98 Å². The van der Waals surface area contributed by atoms with Crippen LogP contribution in [0.5, 0.6) is 5.75 Å². The van der Waals surface area contributed by atoms with E-state index >= 15 is 0 Å². The first kappa shape index (κ1) is 20.8. The second kappa shape index (κ2) is 7.63. The van der Waals surface area contributed by atoms with Crippen LogP contribution in [0.15, 0.2) is 53.5 Å². The van der Waals surface area contributed by atoms with Crippen LogP contribution < -0.4 is 16.0 Å². The first-order valence-corrected chi connectivity index (χ1v) is 9.98. The fraction of sp³-hybridized carbons (Fsp3) is 0.318. The monoisotopic (exact) mass is 436 g/mol. The zero-order valence-corrected chi connectivity index (χ0v) is 16.7. The molecule has 0 aliphatic heterocycles. The summed E-state index contributed by atoms with van der Waals surface area (Å²) in [5, 5.41) is 1.57. The molecule has 0 unspecified atom stereocenters. The van der Waals surface area contributed by atoms with Crippen molar-refractivity contribution in [3.05, 3.63) is 75.2 Å². The molecule has 1 aromatic heterocycles. The lowest BCUT2D eigenvalue weighted by Gasteiger charge is -2.37. The van der Waals surface area contributed by atoms with Gasteiger partial charge in [0, 0.05) is 17.1 Å². The molecule has 4 rings (SSSR count). The lowest BCUT2D eigenvalue weighted by atomic mass is 9.76. The van der Waals surface area contributed by atoms with Gasteiger partial charge in [-0.2, -0.15) is 13.2 Å². The van der Waals surface area contributed by atoms with Gasteiger partial charge >= 0.3 is 6.18 Å². The molecule has 1 heterocycles. The maximum absolute atomic E-state index is 12.8. The van der Waals surface area contributed by atoms with Crippen LogP contribution in [0.25, 0.3) is 10.8 Å². The highest BCUT2D eigenvalue weighted by atomic mass is 35.5. The molecule has 0 amide bonds. The number of nitrogens with one attached hydrogen (secondary N) is 1. The lowest BCUT2D eigenvalue weighted by molar-refractivity contribution is -0.137. The van der Waals surface area contributed by atoms with Crippen molar-refractivity contribution in [2.24, 2.45) is 5.73 Å². The van der Waals surface area contributed by atoms with Gasteiger partial charge in [0.05, 0.1) is 16.7 Å². The molecular weight excluding hydrogens is 417 g/mol. The minimum Gasteiger partial charge on any atom is -0.489 e. The summed E-state index contributed by atoms with van der Waals surface area (Å²) in [7, 11) is 0. The number of pyridine rings is 1. The van der Waals surface area contributed by atoms with E-state index in [-0.39, 0.29) is 11.7 Å². The van der Waals surface area contributed by atoms with Crippen molar-refractivity contribution in [3.63, 3.8) is 0 Å². The van der Waals surface area contributed by atoms with Crippen molar-refractivity contribution >= 4 is 22.4 Å². The summed E-state index contributed by atoms with van der Waals surface area (Å²) < 4.78 is 44.4. The fourth-order valence-electron chi connectivity index (χ4n) is 3.96. The second-order valence-corrected chi connectivity index (χ2v) is 8.13. The lowest BCUT2D eigenvalue weighted by Crippen LogP contribution is -2.42. The fourth-order valence-corrected chi connectivity index (χ4v) is 4.17. The Balaban J connectivity index is 1.46. The second-order valence-electron chi connectivity index (χ2n) is 7.73. The number of hydrogen-bond acceptors (Lipinski definition) is 3. The van der Waals surface area contributed by atoms with E-state index in [4.69, 9.17) is 22.1 Å². The summed E-state index contributed by atoms with van der Waals surface area (Å²) in [6.45, 7) is 0. The van der Waals surface area contributed by atoms with Crippen molar-refractivity contribution in [2.45, 2.75) is 43.5 Å². The maximum atomic E-state index is 12.8. The van der Waals surface area contributed by atoms with Crippen LogP contribution in [0.4, 0.5) is 13.2 Å². The Morgan fingerprint density at radius 2 is 1.77 bits per heavy atom. The molecule has 3 N–H and O–H groups in total. The summed E-state index contributed by atoms with van der Waals surface area (Å²) in [5.41, 5.74) is 5.61. The normalized spacial score (nSPS) is 22.2. The van der Waals surface area contributed by atoms with Gasteiger partial charge in [-0.1, -0.05) is 23.7 Å². The Labute approximate surface area is 175 Å². The zero-order valence-electron chi connectivity index (χ0n) is 15.9. The van der Waals surface area contributed by atoms with Crippen LogP contribution in [-0.2, 0) is 11.7 Å². The molecule has 1 aliphatic carbocycles. The number of nitrogens with two attached hydrogens (primary N) is 1. The first-order valence-electron chi connectivity index (χ1n) is 9.60. The summed E-state index contributed by atoms with van der Waals surface area (Å²) in [4.78, 5) is 14.5. The average molecular weight is 437 g/mol. The van der Waals surface area contributed by atoms with Crippen LogP contribution in [0.2, 0.25) is 5.02 Å². The number of aromatic nitrogens is 1. The SMILES string of the molecule is NC1(c2ccc(C(F)(F)F)cc2)CCC(Oc2cc3cc[nH]c(=O)c3cc2Cl)CC1. The minimum absolute atomic E-state index is 0.118. The van der Waals surface area contributed by atoms with Crippen LogP contribution >= 0.6 is 11.6 Å². The third-order valence-corrected chi connectivity index (χ3v) is 6.03. The molecule has 0 spiro atoms. The third-order valence-electron chi connectivity index (χ3n) is 5.73. The van der Waals surface area contributed by atoms with E-state index in [1.807, 2.05) is 0 Å². The Bertz CT molecular complexity index is 1120. The maximum Gasteiger partial charge on any atom is 0.416 e. The van der Waals surface area contributed by atoms with Gasteiger partial charge < -0.3 is 15.5 Å². The number of H-pyrrole nitrogens is 1. The molecule has 0 saturated heterocycles. The summed E-state index contributed by atoms with van der Waals surface area (Å²) in [5.74, 6) is 0.499. The van der Waals surface area contributed by atoms with Crippen molar-refractivity contribution < 1.29 is 17.9 Å². The molecular formula is C22H20ClF3N2O2. The molecule has 3 aromatic rings. The summed E-state index contributed by atoms with van der Waals surface area (Å²) >= 11 is 6.30. The molecule has 0 atom stereocenters. The Morgan fingerprint density at radius 1 is 1.10 bits per heavy atom. The molecule has 2 aromatic carbocycles. The van der Waals surface area contributed by atoms with Crippen LogP contribution in [0.1, 0.15) is 36.8 Å². The molecule has 1 fully saturated rings. The number of benzene rings is 2. The van der Waals surface area contributed by atoms with E-state index in [0.29, 0.717) is 47.4 Å². The summed E-state index contributed by atoms with van der Waals surface area (Å²) in [6.07, 6.45) is -0.483. The van der Waals surface area contributed by atoms with Crippen LogP contribution in [0, 0.1) is 0 Å². The molecule has 0 radical (unpaired) electrons. The zero-order chi connectivity index (χ0) is 21.5. The van der Waals surface area contributed by atoms with Crippen LogP contribution in [0.3, 0.4) is 0 Å². The number of ether oxygens (including phenoxy) is 1. The highest BCUT2D eigenvalue weighted by molar-refractivity contribution is 6.32. The van der Waals surface area contributed by atoms with E-state index in [9.17, 15) is 18.0 Å². The number of alkyl halides is 3. The Morgan fingerprint density at radius 3 is 2.40 bits per heavy atom. The van der Waals surface area contributed by atoms with Gasteiger partial charge in [-0.05, 0) is 67.0 Å². The van der Waals surface area contributed by atoms with E-state index < -0.39 is 17.3 Å². The number of rotatable bonds is 3. The van der Waals surface area contributed by atoms with E-state index in [2.05, 4.69) is 4.98 Å².